The number of imidazole rings is 1. The molecule has 1 fully saturated rings. The minimum Gasteiger partial charge on any atom is -0.369 e. The summed E-state index contributed by atoms with van der Waals surface area (Å²) in [6, 6.07) is 0.680. The Morgan fingerprint density at radius 2 is 2.31 bits per heavy atom. The van der Waals surface area contributed by atoms with Crippen molar-refractivity contribution in [2.45, 2.75) is 31.1 Å². The third-order valence-corrected chi connectivity index (χ3v) is 3.72. The Hall–Kier alpha value is -0.640. The summed E-state index contributed by atoms with van der Waals surface area (Å²) in [6.45, 7) is 0. The van der Waals surface area contributed by atoms with Gasteiger partial charge in [0.15, 0.2) is 0 Å². The summed E-state index contributed by atoms with van der Waals surface area (Å²) in [4.78, 5) is 4.43. The molecule has 0 bridgehead atoms. The van der Waals surface area contributed by atoms with Crippen molar-refractivity contribution in [1.82, 2.24) is 9.55 Å². The predicted molar refractivity (Wildman–Crippen MR) is 54.8 cm³/mol. The van der Waals surface area contributed by atoms with Crippen LogP contribution in [0, 0.1) is 0 Å². The average molecular weight is 195 g/mol. The van der Waals surface area contributed by atoms with Crippen molar-refractivity contribution in [2.75, 3.05) is 11.5 Å². The van der Waals surface area contributed by atoms with E-state index in [2.05, 4.69) is 9.55 Å². The molecule has 0 amide bonds. The summed E-state index contributed by atoms with van der Waals surface area (Å²) in [5.41, 5.74) is 8.56. The standard InChI is InChI=1S/C9H13N3S/c10-9-11-7-5-13-4-3-8(7)12(9)6-1-2-6/h6H,1-5H2,(H2,10,11). The van der Waals surface area contributed by atoms with E-state index in [9.17, 15) is 0 Å². The van der Waals surface area contributed by atoms with Gasteiger partial charge in [0.25, 0.3) is 0 Å². The minimum atomic E-state index is 0.680. The van der Waals surface area contributed by atoms with E-state index in [0.717, 1.165) is 18.1 Å². The Bertz CT molecular complexity index is 341. The fourth-order valence-electron chi connectivity index (χ4n) is 1.99. The first-order valence-electron chi connectivity index (χ1n) is 4.79. The number of fused-ring (bicyclic) bond motifs is 1. The first-order chi connectivity index (χ1) is 6.36. The molecule has 0 unspecified atom stereocenters. The van der Waals surface area contributed by atoms with E-state index in [4.69, 9.17) is 5.73 Å². The Kier molecular flexibility index (Phi) is 1.59. The van der Waals surface area contributed by atoms with Gasteiger partial charge in [-0.2, -0.15) is 11.8 Å². The largest absolute Gasteiger partial charge is 0.369 e. The maximum absolute atomic E-state index is 5.90. The monoisotopic (exact) mass is 195 g/mol. The molecule has 0 saturated heterocycles. The van der Waals surface area contributed by atoms with Gasteiger partial charge in [0.05, 0.1) is 5.69 Å². The zero-order valence-electron chi connectivity index (χ0n) is 7.49. The van der Waals surface area contributed by atoms with Crippen LogP contribution in [0.4, 0.5) is 5.95 Å². The molecular formula is C9H13N3S. The number of thioether (sulfide) groups is 1. The van der Waals surface area contributed by atoms with E-state index in [0.29, 0.717) is 6.04 Å². The first kappa shape index (κ1) is 7.74. The molecule has 4 heteroatoms. The van der Waals surface area contributed by atoms with Gasteiger partial charge >= 0.3 is 0 Å². The highest BCUT2D eigenvalue weighted by Gasteiger charge is 2.30. The molecular weight excluding hydrogens is 182 g/mol. The van der Waals surface area contributed by atoms with Crippen LogP contribution in [-0.4, -0.2) is 15.3 Å². The van der Waals surface area contributed by atoms with Gasteiger partial charge in [-0.15, -0.1) is 0 Å². The smallest absolute Gasteiger partial charge is 0.200 e. The van der Waals surface area contributed by atoms with Crippen LogP contribution in [0.3, 0.4) is 0 Å². The molecule has 0 radical (unpaired) electrons. The van der Waals surface area contributed by atoms with Gasteiger partial charge in [-0.05, 0) is 25.0 Å². The van der Waals surface area contributed by atoms with E-state index in [1.54, 1.807) is 0 Å². The van der Waals surface area contributed by atoms with Crippen molar-refractivity contribution in [3.05, 3.63) is 11.4 Å². The van der Waals surface area contributed by atoms with Gasteiger partial charge in [0.2, 0.25) is 5.95 Å². The van der Waals surface area contributed by atoms with Crippen LogP contribution < -0.4 is 5.73 Å². The highest BCUT2D eigenvalue weighted by molar-refractivity contribution is 7.98. The normalized spacial score (nSPS) is 21.5. The molecule has 2 aliphatic rings. The maximum atomic E-state index is 5.90. The zero-order chi connectivity index (χ0) is 8.84. The van der Waals surface area contributed by atoms with Gasteiger partial charge in [-0.25, -0.2) is 4.98 Å². The Morgan fingerprint density at radius 3 is 3.08 bits per heavy atom. The van der Waals surface area contributed by atoms with E-state index in [-0.39, 0.29) is 0 Å². The lowest BCUT2D eigenvalue weighted by atomic mass is 10.2. The molecule has 3 nitrogen and oxygen atoms in total. The van der Waals surface area contributed by atoms with E-state index in [1.165, 1.54) is 30.0 Å². The maximum Gasteiger partial charge on any atom is 0.200 e. The van der Waals surface area contributed by atoms with Crippen molar-refractivity contribution in [3.8, 4) is 0 Å². The Morgan fingerprint density at radius 1 is 1.46 bits per heavy atom. The molecule has 70 valence electrons. The number of nitrogens with two attached hydrogens (primary N) is 1. The van der Waals surface area contributed by atoms with Crippen molar-refractivity contribution >= 4 is 17.7 Å². The molecule has 2 heterocycles. The van der Waals surface area contributed by atoms with Gasteiger partial charge in [-0.1, -0.05) is 0 Å². The number of anilines is 1. The summed E-state index contributed by atoms with van der Waals surface area (Å²) in [5.74, 6) is 3.03. The third kappa shape index (κ3) is 1.15. The number of hydrogen-bond acceptors (Lipinski definition) is 3. The molecule has 3 rings (SSSR count). The summed E-state index contributed by atoms with van der Waals surface area (Å²) in [5, 5.41) is 0. The number of rotatable bonds is 1. The topological polar surface area (TPSA) is 43.8 Å². The van der Waals surface area contributed by atoms with Gasteiger partial charge < -0.3 is 10.3 Å². The second-order valence-electron chi connectivity index (χ2n) is 3.77. The lowest BCUT2D eigenvalue weighted by molar-refractivity contribution is 0.707. The molecule has 0 atom stereocenters. The number of nitrogen functional groups attached to an aromatic ring is 1. The van der Waals surface area contributed by atoms with Crippen molar-refractivity contribution < 1.29 is 0 Å². The quantitative estimate of drug-likeness (QED) is 0.740. The second-order valence-corrected chi connectivity index (χ2v) is 4.87. The van der Waals surface area contributed by atoms with E-state index >= 15 is 0 Å². The molecule has 1 aliphatic heterocycles. The number of hydrogen-bond donors (Lipinski definition) is 1. The molecule has 2 N–H and O–H groups in total. The fraction of sp³-hybridized carbons (Fsp3) is 0.667. The second kappa shape index (κ2) is 2.67. The molecule has 1 aromatic rings. The Labute approximate surface area is 81.7 Å². The van der Waals surface area contributed by atoms with Crippen LogP contribution in [0.1, 0.15) is 30.3 Å². The van der Waals surface area contributed by atoms with Crippen molar-refractivity contribution in [3.63, 3.8) is 0 Å². The molecule has 0 spiro atoms. The van der Waals surface area contributed by atoms with Crippen LogP contribution >= 0.6 is 11.8 Å². The highest BCUT2D eigenvalue weighted by atomic mass is 32.2. The molecule has 1 aromatic heterocycles. The van der Waals surface area contributed by atoms with Crippen LogP contribution in [0.15, 0.2) is 0 Å². The molecule has 1 saturated carbocycles. The first-order valence-corrected chi connectivity index (χ1v) is 5.95. The predicted octanol–water partition coefficient (Wildman–Crippen LogP) is 1.59. The summed E-state index contributed by atoms with van der Waals surface area (Å²) in [6.07, 6.45) is 3.74. The lowest BCUT2D eigenvalue weighted by Gasteiger charge is -2.13. The fourth-order valence-corrected chi connectivity index (χ4v) is 2.90. The van der Waals surface area contributed by atoms with Crippen molar-refractivity contribution in [2.24, 2.45) is 0 Å². The van der Waals surface area contributed by atoms with Crippen molar-refractivity contribution in [1.29, 1.82) is 0 Å². The van der Waals surface area contributed by atoms with E-state index in [1.807, 2.05) is 11.8 Å². The molecule has 0 aromatic carbocycles. The third-order valence-electron chi connectivity index (χ3n) is 2.75. The van der Waals surface area contributed by atoms with Crippen LogP contribution in [-0.2, 0) is 12.2 Å². The van der Waals surface area contributed by atoms with Crippen LogP contribution in [0.2, 0.25) is 0 Å². The van der Waals surface area contributed by atoms with Gasteiger partial charge in [0, 0.05) is 17.5 Å². The van der Waals surface area contributed by atoms with Crippen LogP contribution in [0.5, 0.6) is 0 Å². The summed E-state index contributed by atoms with van der Waals surface area (Å²) < 4.78 is 2.27. The summed E-state index contributed by atoms with van der Waals surface area (Å²) >= 11 is 1.96. The zero-order valence-corrected chi connectivity index (χ0v) is 8.31. The summed E-state index contributed by atoms with van der Waals surface area (Å²) in [7, 11) is 0. The molecule has 1 aliphatic carbocycles. The van der Waals surface area contributed by atoms with Gasteiger partial charge in [-0.3, -0.25) is 0 Å². The Balaban J connectivity index is 2.10. The number of nitrogens with zero attached hydrogens (tertiary/aromatic N) is 2. The van der Waals surface area contributed by atoms with Gasteiger partial charge in [0.1, 0.15) is 0 Å². The van der Waals surface area contributed by atoms with E-state index < -0.39 is 0 Å². The SMILES string of the molecule is Nc1nc2c(n1C1CC1)CCSC2. The minimum absolute atomic E-state index is 0.680. The highest BCUT2D eigenvalue weighted by Crippen LogP contribution is 2.40. The molecule has 13 heavy (non-hydrogen) atoms. The average Bonchev–Trinajstić information content (AvgIpc) is 2.88. The van der Waals surface area contributed by atoms with Crippen LogP contribution in [0.25, 0.3) is 0 Å². The lowest BCUT2D eigenvalue weighted by Crippen LogP contribution is -2.09. The number of aromatic nitrogens is 2.